The van der Waals surface area contributed by atoms with Gasteiger partial charge in [0.25, 0.3) is 0 Å². The predicted molar refractivity (Wildman–Crippen MR) is 128 cm³/mol. The lowest BCUT2D eigenvalue weighted by Crippen LogP contribution is -2.54. The second-order valence-corrected chi connectivity index (χ2v) is 13.3. The minimum Gasteiger partial charge on any atom is -0.463 e. The van der Waals surface area contributed by atoms with Crippen LogP contribution in [-0.2, 0) is 14.3 Å². The van der Waals surface area contributed by atoms with Crippen molar-refractivity contribution in [3.8, 4) is 0 Å². The molecule has 1 saturated heterocycles. The standard InChI is InChI=1S/C29H48O3/c1-18-6-11-27(31-17-18)19(2)24-9-10-25-23-8-7-21-16-22(32-20(3)30)12-14-28(21,4)26(23)13-15-29(24,25)5/h18-19,21-27H,6-17H2,1-5H3. The maximum Gasteiger partial charge on any atom is 0.302 e. The highest BCUT2D eigenvalue weighted by molar-refractivity contribution is 5.66. The second kappa shape index (κ2) is 8.58. The number of hydrogen-bond donors (Lipinski definition) is 0. The smallest absolute Gasteiger partial charge is 0.302 e. The van der Waals surface area contributed by atoms with E-state index >= 15 is 0 Å². The zero-order chi connectivity index (χ0) is 22.7. The van der Waals surface area contributed by atoms with Gasteiger partial charge in [0.05, 0.1) is 6.10 Å². The van der Waals surface area contributed by atoms with Crippen LogP contribution in [0.5, 0.6) is 0 Å². The topological polar surface area (TPSA) is 35.5 Å². The maximum atomic E-state index is 11.5. The molecule has 0 aromatic rings. The number of fused-ring (bicyclic) bond motifs is 5. The molecule has 1 aliphatic heterocycles. The van der Waals surface area contributed by atoms with Crippen LogP contribution in [0.4, 0.5) is 0 Å². The molecule has 1 heterocycles. The van der Waals surface area contributed by atoms with Gasteiger partial charge in [0.1, 0.15) is 6.10 Å². The molecule has 182 valence electrons. The van der Waals surface area contributed by atoms with Gasteiger partial charge in [0.2, 0.25) is 0 Å². The molecule has 0 bridgehead atoms. The van der Waals surface area contributed by atoms with Crippen LogP contribution in [0.2, 0.25) is 0 Å². The summed E-state index contributed by atoms with van der Waals surface area (Å²) in [5.74, 6) is 5.68. The van der Waals surface area contributed by atoms with E-state index in [0.717, 1.165) is 55.0 Å². The van der Waals surface area contributed by atoms with Crippen LogP contribution in [0.1, 0.15) is 105 Å². The lowest BCUT2D eigenvalue weighted by Gasteiger charge is -2.61. The summed E-state index contributed by atoms with van der Waals surface area (Å²) in [4.78, 5) is 11.5. The fourth-order valence-corrected chi connectivity index (χ4v) is 10.0. The van der Waals surface area contributed by atoms with Gasteiger partial charge in [-0.2, -0.15) is 0 Å². The third-order valence-corrected chi connectivity index (χ3v) is 11.8. The van der Waals surface area contributed by atoms with Crippen molar-refractivity contribution in [1.29, 1.82) is 0 Å². The summed E-state index contributed by atoms with van der Waals surface area (Å²) < 4.78 is 12.0. The molecule has 5 fully saturated rings. The molecular formula is C29H48O3. The average molecular weight is 445 g/mol. The van der Waals surface area contributed by atoms with Crippen molar-refractivity contribution in [1.82, 2.24) is 0 Å². The van der Waals surface area contributed by atoms with Crippen LogP contribution in [-0.4, -0.2) is 24.8 Å². The van der Waals surface area contributed by atoms with Crippen molar-refractivity contribution >= 4 is 5.97 Å². The summed E-state index contributed by atoms with van der Waals surface area (Å²) in [6.07, 6.45) is 15.2. The zero-order valence-electron chi connectivity index (χ0n) is 21.4. The van der Waals surface area contributed by atoms with Crippen LogP contribution in [0.15, 0.2) is 0 Å². The van der Waals surface area contributed by atoms with Gasteiger partial charge in [-0.25, -0.2) is 0 Å². The summed E-state index contributed by atoms with van der Waals surface area (Å²) in [5.41, 5.74) is 0.984. The van der Waals surface area contributed by atoms with Crippen molar-refractivity contribution in [2.75, 3.05) is 6.61 Å². The minimum atomic E-state index is -0.0942. The Morgan fingerprint density at radius 3 is 2.41 bits per heavy atom. The van der Waals surface area contributed by atoms with Crippen LogP contribution in [0, 0.1) is 52.3 Å². The van der Waals surface area contributed by atoms with Gasteiger partial charge in [-0.3, -0.25) is 4.79 Å². The largest absolute Gasteiger partial charge is 0.463 e. The molecule has 0 amide bonds. The van der Waals surface area contributed by atoms with E-state index in [-0.39, 0.29) is 12.1 Å². The van der Waals surface area contributed by atoms with Crippen LogP contribution in [0.3, 0.4) is 0 Å². The third-order valence-electron chi connectivity index (χ3n) is 11.8. The highest BCUT2D eigenvalue weighted by Crippen LogP contribution is 2.68. The minimum absolute atomic E-state index is 0.0942. The van der Waals surface area contributed by atoms with E-state index in [1.807, 2.05) is 0 Å². The van der Waals surface area contributed by atoms with E-state index < -0.39 is 0 Å². The number of rotatable bonds is 3. The monoisotopic (exact) mass is 444 g/mol. The fourth-order valence-electron chi connectivity index (χ4n) is 10.0. The van der Waals surface area contributed by atoms with Gasteiger partial charge in [0, 0.05) is 13.5 Å². The van der Waals surface area contributed by atoms with E-state index in [0.29, 0.717) is 22.9 Å². The Bertz CT molecular complexity index is 697. The van der Waals surface area contributed by atoms with E-state index in [1.165, 1.54) is 57.8 Å². The van der Waals surface area contributed by atoms with Crippen LogP contribution < -0.4 is 0 Å². The molecule has 3 heteroatoms. The summed E-state index contributed by atoms with van der Waals surface area (Å²) >= 11 is 0. The van der Waals surface area contributed by atoms with Crippen molar-refractivity contribution in [3.05, 3.63) is 0 Å². The molecule has 11 unspecified atom stereocenters. The lowest BCUT2D eigenvalue weighted by atomic mass is 9.44. The summed E-state index contributed by atoms with van der Waals surface area (Å²) in [5, 5.41) is 0. The molecule has 32 heavy (non-hydrogen) atoms. The Labute approximate surface area is 196 Å². The molecule has 4 aliphatic carbocycles. The summed E-state index contributed by atoms with van der Waals surface area (Å²) in [6.45, 7) is 12.7. The molecule has 5 rings (SSSR count). The Balaban J connectivity index is 1.29. The molecule has 3 nitrogen and oxygen atoms in total. The maximum absolute atomic E-state index is 11.5. The number of hydrogen-bond acceptors (Lipinski definition) is 3. The second-order valence-electron chi connectivity index (χ2n) is 13.3. The first kappa shape index (κ1) is 23.2. The first-order valence-electron chi connectivity index (χ1n) is 14.0. The van der Waals surface area contributed by atoms with Gasteiger partial charge < -0.3 is 9.47 Å². The van der Waals surface area contributed by atoms with E-state index in [9.17, 15) is 4.79 Å². The Kier molecular flexibility index (Phi) is 6.22. The van der Waals surface area contributed by atoms with Gasteiger partial charge in [-0.15, -0.1) is 0 Å². The summed E-state index contributed by atoms with van der Waals surface area (Å²) in [7, 11) is 0. The van der Waals surface area contributed by atoms with E-state index in [1.54, 1.807) is 6.92 Å². The number of ether oxygens (including phenoxy) is 2. The quantitative estimate of drug-likeness (QED) is 0.438. The first-order chi connectivity index (χ1) is 15.2. The molecule has 0 spiro atoms. The molecule has 0 N–H and O–H groups in total. The zero-order valence-corrected chi connectivity index (χ0v) is 21.4. The van der Waals surface area contributed by atoms with Crippen molar-refractivity contribution in [2.24, 2.45) is 52.3 Å². The van der Waals surface area contributed by atoms with Gasteiger partial charge in [-0.1, -0.05) is 27.7 Å². The molecule has 0 radical (unpaired) electrons. The Morgan fingerprint density at radius 2 is 1.69 bits per heavy atom. The van der Waals surface area contributed by atoms with Crippen molar-refractivity contribution < 1.29 is 14.3 Å². The van der Waals surface area contributed by atoms with E-state index in [4.69, 9.17) is 9.47 Å². The van der Waals surface area contributed by atoms with Crippen molar-refractivity contribution in [3.63, 3.8) is 0 Å². The highest BCUT2D eigenvalue weighted by Gasteiger charge is 2.61. The molecule has 4 saturated carbocycles. The third kappa shape index (κ3) is 3.77. The van der Waals surface area contributed by atoms with Crippen LogP contribution >= 0.6 is 0 Å². The first-order valence-corrected chi connectivity index (χ1v) is 14.0. The van der Waals surface area contributed by atoms with Gasteiger partial charge >= 0.3 is 5.97 Å². The number of carbonyl (C=O) groups is 1. The Hall–Kier alpha value is -0.570. The average Bonchev–Trinajstić information content (AvgIpc) is 3.11. The number of esters is 1. The van der Waals surface area contributed by atoms with E-state index in [2.05, 4.69) is 27.7 Å². The predicted octanol–water partition coefficient (Wildman–Crippen LogP) is 7.03. The number of carbonyl (C=O) groups excluding carboxylic acids is 1. The van der Waals surface area contributed by atoms with Gasteiger partial charge in [-0.05, 0) is 123 Å². The molecule has 11 atom stereocenters. The normalized spacial score (nSPS) is 51.8. The molecule has 0 aromatic heterocycles. The lowest BCUT2D eigenvalue weighted by molar-refractivity contribution is -0.161. The van der Waals surface area contributed by atoms with Crippen molar-refractivity contribution in [2.45, 2.75) is 117 Å². The Morgan fingerprint density at radius 1 is 0.938 bits per heavy atom. The SMILES string of the molecule is CC(=O)OC1CCC2(C)C(CCC3C2CCC2(C)C(C(C)C4CCC(C)CO4)CCC32)C1. The molecular weight excluding hydrogens is 396 g/mol. The highest BCUT2D eigenvalue weighted by atomic mass is 16.5. The van der Waals surface area contributed by atoms with Crippen LogP contribution in [0.25, 0.3) is 0 Å². The summed E-state index contributed by atoms with van der Waals surface area (Å²) in [6, 6.07) is 0. The molecule has 0 aromatic carbocycles. The molecule has 5 aliphatic rings. The van der Waals surface area contributed by atoms with Gasteiger partial charge in [0.15, 0.2) is 0 Å². The fraction of sp³-hybridized carbons (Fsp3) is 0.966.